The van der Waals surface area contributed by atoms with Crippen molar-refractivity contribution in [1.82, 2.24) is 19.7 Å². The van der Waals surface area contributed by atoms with Crippen LogP contribution >= 0.6 is 23.4 Å². The Labute approximate surface area is 170 Å². The predicted octanol–water partition coefficient (Wildman–Crippen LogP) is 5.40. The van der Waals surface area contributed by atoms with Gasteiger partial charge in [0, 0.05) is 16.5 Å². The van der Waals surface area contributed by atoms with E-state index in [0.717, 1.165) is 22.3 Å². The summed E-state index contributed by atoms with van der Waals surface area (Å²) < 4.78 is 13.5. The Kier molecular flexibility index (Phi) is 4.70. The van der Waals surface area contributed by atoms with E-state index in [-0.39, 0.29) is 0 Å². The maximum absolute atomic E-state index is 6.06. The topological polar surface area (TPSA) is 69.9 Å². The monoisotopic (exact) mass is 412 g/mol. The summed E-state index contributed by atoms with van der Waals surface area (Å²) in [6, 6.07) is 11.4. The minimum Gasteiger partial charge on any atom is -0.467 e. The number of halogens is 1. The molecular formula is C20H17ClN4O2S. The SMILES string of the molecule is Clc1cccc(-c2cnc(CSc3nnc(C4CC4)n3Cc3ccco3)o2)c1. The Hall–Kier alpha value is -2.51. The third-order valence-corrected chi connectivity index (χ3v) is 5.76. The Morgan fingerprint density at radius 2 is 2.11 bits per heavy atom. The Bertz CT molecular complexity index is 1090. The van der Waals surface area contributed by atoms with Crippen LogP contribution in [0.5, 0.6) is 0 Å². The number of aromatic nitrogens is 4. The summed E-state index contributed by atoms with van der Waals surface area (Å²) in [7, 11) is 0. The molecule has 0 saturated heterocycles. The van der Waals surface area contributed by atoms with Gasteiger partial charge in [-0.2, -0.15) is 0 Å². The normalized spacial score (nSPS) is 13.9. The lowest BCUT2D eigenvalue weighted by molar-refractivity contribution is 0.478. The minimum absolute atomic E-state index is 0.507. The maximum atomic E-state index is 6.06. The lowest BCUT2D eigenvalue weighted by atomic mass is 10.2. The van der Waals surface area contributed by atoms with Crippen molar-refractivity contribution in [2.45, 2.75) is 36.2 Å². The molecule has 1 aliphatic carbocycles. The van der Waals surface area contributed by atoms with Crippen LogP contribution in [-0.2, 0) is 12.3 Å². The molecule has 1 aromatic carbocycles. The van der Waals surface area contributed by atoms with Gasteiger partial charge in [-0.15, -0.1) is 10.2 Å². The smallest absolute Gasteiger partial charge is 0.205 e. The molecule has 0 spiro atoms. The van der Waals surface area contributed by atoms with Gasteiger partial charge in [-0.1, -0.05) is 35.5 Å². The molecule has 0 amide bonds. The molecule has 3 heterocycles. The van der Waals surface area contributed by atoms with Crippen molar-refractivity contribution in [3.63, 3.8) is 0 Å². The summed E-state index contributed by atoms with van der Waals surface area (Å²) in [4.78, 5) is 4.39. The van der Waals surface area contributed by atoms with E-state index >= 15 is 0 Å². The van der Waals surface area contributed by atoms with Crippen molar-refractivity contribution in [1.29, 1.82) is 0 Å². The number of hydrogen-bond acceptors (Lipinski definition) is 6. The summed E-state index contributed by atoms with van der Waals surface area (Å²) in [5.74, 6) is 4.35. The zero-order chi connectivity index (χ0) is 18.9. The van der Waals surface area contributed by atoms with Gasteiger partial charge in [0.15, 0.2) is 10.9 Å². The second-order valence-corrected chi connectivity index (χ2v) is 8.08. The Morgan fingerprint density at radius 3 is 2.89 bits per heavy atom. The molecule has 4 aromatic rings. The fourth-order valence-corrected chi connectivity index (χ4v) is 4.02. The molecule has 0 radical (unpaired) electrons. The zero-order valence-corrected chi connectivity index (χ0v) is 16.5. The number of nitrogens with zero attached hydrogens (tertiary/aromatic N) is 4. The van der Waals surface area contributed by atoms with Gasteiger partial charge < -0.3 is 8.83 Å². The molecule has 5 rings (SSSR count). The second-order valence-electron chi connectivity index (χ2n) is 6.70. The summed E-state index contributed by atoms with van der Waals surface area (Å²) in [6.45, 7) is 0.632. The summed E-state index contributed by atoms with van der Waals surface area (Å²) in [6.07, 6.45) is 5.76. The molecule has 0 unspecified atom stereocenters. The van der Waals surface area contributed by atoms with Crippen molar-refractivity contribution < 1.29 is 8.83 Å². The number of furan rings is 1. The number of oxazole rings is 1. The van der Waals surface area contributed by atoms with Crippen LogP contribution in [0.3, 0.4) is 0 Å². The third-order valence-electron chi connectivity index (χ3n) is 4.57. The van der Waals surface area contributed by atoms with E-state index in [0.29, 0.717) is 34.9 Å². The van der Waals surface area contributed by atoms with Crippen molar-refractivity contribution in [3.05, 3.63) is 71.4 Å². The van der Waals surface area contributed by atoms with Crippen molar-refractivity contribution in [2.24, 2.45) is 0 Å². The van der Waals surface area contributed by atoms with Crippen LogP contribution in [0.1, 0.15) is 36.2 Å². The number of hydrogen-bond donors (Lipinski definition) is 0. The van der Waals surface area contributed by atoms with Gasteiger partial charge in [0.05, 0.1) is 24.8 Å². The van der Waals surface area contributed by atoms with Crippen molar-refractivity contribution in [2.75, 3.05) is 0 Å². The van der Waals surface area contributed by atoms with E-state index in [9.17, 15) is 0 Å². The van der Waals surface area contributed by atoms with Gasteiger partial charge >= 0.3 is 0 Å². The molecule has 1 aliphatic rings. The van der Waals surface area contributed by atoms with Gasteiger partial charge in [0.25, 0.3) is 0 Å². The van der Waals surface area contributed by atoms with Gasteiger partial charge in [-0.05, 0) is 37.1 Å². The highest BCUT2D eigenvalue weighted by atomic mass is 35.5. The van der Waals surface area contributed by atoms with Crippen molar-refractivity contribution in [3.8, 4) is 11.3 Å². The van der Waals surface area contributed by atoms with Crippen LogP contribution in [0.2, 0.25) is 5.02 Å². The molecule has 1 saturated carbocycles. The highest BCUT2D eigenvalue weighted by Gasteiger charge is 2.30. The van der Waals surface area contributed by atoms with Gasteiger partial charge in [-0.25, -0.2) is 4.98 Å². The molecule has 0 N–H and O–H groups in total. The van der Waals surface area contributed by atoms with Crippen LogP contribution in [0, 0.1) is 0 Å². The molecule has 1 fully saturated rings. The van der Waals surface area contributed by atoms with E-state index in [1.54, 1.807) is 24.2 Å². The number of thioether (sulfide) groups is 1. The van der Waals surface area contributed by atoms with E-state index < -0.39 is 0 Å². The van der Waals surface area contributed by atoms with Gasteiger partial charge in [-0.3, -0.25) is 4.57 Å². The minimum atomic E-state index is 0.507. The summed E-state index contributed by atoms with van der Waals surface area (Å²) in [5, 5.41) is 10.3. The molecule has 8 heteroatoms. The highest BCUT2D eigenvalue weighted by molar-refractivity contribution is 7.98. The molecule has 142 valence electrons. The fraction of sp³-hybridized carbons (Fsp3) is 0.250. The lowest BCUT2D eigenvalue weighted by Crippen LogP contribution is -2.05. The van der Waals surface area contributed by atoms with E-state index in [4.69, 9.17) is 20.4 Å². The largest absolute Gasteiger partial charge is 0.467 e. The molecule has 0 atom stereocenters. The van der Waals surface area contributed by atoms with Crippen LogP contribution in [0.25, 0.3) is 11.3 Å². The average molecular weight is 413 g/mol. The maximum Gasteiger partial charge on any atom is 0.205 e. The highest BCUT2D eigenvalue weighted by Crippen LogP contribution is 2.40. The first-order chi connectivity index (χ1) is 13.8. The van der Waals surface area contributed by atoms with Crippen LogP contribution < -0.4 is 0 Å². The Morgan fingerprint density at radius 1 is 1.18 bits per heavy atom. The Balaban J connectivity index is 1.33. The number of rotatable bonds is 7. The van der Waals surface area contributed by atoms with Gasteiger partial charge in [0.1, 0.15) is 11.6 Å². The van der Waals surface area contributed by atoms with Crippen molar-refractivity contribution >= 4 is 23.4 Å². The quantitative estimate of drug-likeness (QED) is 0.378. The summed E-state index contributed by atoms with van der Waals surface area (Å²) in [5.41, 5.74) is 0.910. The second kappa shape index (κ2) is 7.48. The molecule has 28 heavy (non-hydrogen) atoms. The summed E-state index contributed by atoms with van der Waals surface area (Å²) >= 11 is 7.62. The standard InChI is InChI=1S/C20H17ClN4O2S/c21-15-4-1-3-14(9-15)17-10-22-18(27-17)12-28-20-24-23-19(13-6-7-13)25(20)11-16-5-2-8-26-16/h1-5,8-10,13H,6-7,11-12H2. The molecule has 0 bridgehead atoms. The molecule has 6 nitrogen and oxygen atoms in total. The first kappa shape index (κ1) is 17.6. The third kappa shape index (κ3) is 3.72. The zero-order valence-electron chi connectivity index (χ0n) is 14.9. The molecular weight excluding hydrogens is 396 g/mol. The number of benzene rings is 1. The van der Waals surface area contributed by atoms with E-state index in [2.05, 4.69) is 19.7 Å². The van der Waals surface area contributed by atoms with E-state index in [1.165, 1.54) is 12.8 Å². The molecule has 0 aliphatic heterocycles. The lowest BCUT2D eigenvalue weighted by Gasteiger charge is -2.07. The van der Waals surface area contributed by atoms with Crippen LogP contribution in [0.15, 0.2) is 62.8 Å². The first-order valence-electron chi connectivity index (χ1n) is 9.05. The predicted molar refractivity (Wildman–Crippen MR) is 106 cm³/mol. The van der Waals surface area contributed by atoms with Crippen LogP contribution in [-0.4, -0.2) is 19.7 Å². The van der Waals surface area contributed by atoms with Gasteiger partial charge in [0.2, 0.25) is 5.89 Å². The fourth-order valence-electron chi connectivity index (χ4n) is 3.04. The average Bonchev–Trinajstić information content (AvgIpc) is 3.10. The van der Waals surface area contributed by atoms with Crippen LogP contribution in [0.4, 0.5) is 0 Å². The molecule has 3 aromatic heterocycles. The first-order valence-corrected chi connectivity index (χ1v) is 10.4. The van der Waals surface area contributed by atoms with E-state index in [1.807, 2.05) is 36.4 Å².